The summed E-state index contributed by atoms with van der Waals surface area (Å²) in [5.74, 6) is 0.121. The van der Waals surface area contributed by atoms with Gasteiger partial charge in [0.1, 0.15) is 0 Å². The van der Waals surface area contributed by atoms with Crippen molar-refractivity contribution in [1.82, 2.24) is 10.2 Å². The lowest BCUT2D eigenvalue weighted by molar-refractivity contribution is -0.128. The van der Waals surface area contributed by atoms with E-state index < -0.39 is 5.54 Å². The van der Waals surface area contributed by atoms with E-state index in [0.717, 1.165) is 38.5 Å². The molecule has 100 valence electrons. The average Bonchev–Trinajstić information content (AvgIpc) is 2.97. The molecular formula is C13H21N3O2. The van der Waals surface area contributed by atoms with Gasteiger partial charge in [0, 0.05) is 19.0 Å². The second kappa shape index (κ2) is 4.23. The summed E-state index contributed by atoms with van der Waals surface area (Å²) in [6, 6.07) is 0.407. The van der Waals surface area contributed by atoms with Crippen LogP contribution in [0.4, 0.5) is 0 Å². The number of carbonyl (C=O) groups excluding carboxylic acids is 2. The monoisotopic (exact) mass is 251 g/mol. The Kier molecular flexibility index (Phi) is 2.81. The number of carbonyl (C=O) groups is 2. The highest BCUT2D eigenvalue weighted by molar-refractivity contribution is 5.88. The predicted octanol–water partition coefficient (Wildman–Crippen LogP) is 0.137. The second-order valence-electron chi connectivity index (χ2n) is 6.02. The molecule has 1 saturated heterocycles. The van der Waals surface area contributed by atoms with Gasteiger partial charge < -0.3 is 16.0 Å². The van der Waals surface area contributed by atoms with Crippen LogP contribution in [0.5, 0.6) is 0 Å². The van der Waals surface area contributed by atoms with Gasteiger partial charge in [0.15, 0.2) is 0 Å². The number of nitrogens with zero attached hydrogens (tertiary/aromatic N) is 1. The number of hydrogen-bond donors (Lipinski definition) is 2. The van der Waals surface area contributed by atoms with Crippen LogP contribution in [0.2, 0.25) is 0 Å². The molecule has 0 radical (unpaired) electrons. The molecule has 18 heavy (non-hydrogen) atoms. The lowest BCUT2D eigenvalue weighted by Crippen LogP contribution is -2.54. The van der Waals surface area contributed by atoms with Crippen molar-refractivity contribution in [3.8, 4) is 0 Å². The van der Waals surface area contributed by atoms with Crippen LogP contribution in [0.25, 0.3) is 0 Å². The Labute approximate surface area is 107 Å². The zero-order valence-electron chi connectivity index (χ0n) is 10.7. The molecule has 0 aromatic heterocycles. The Morgan fingerprint density at radius 3 is 2.61 bits per heavy atom. The minimum Gasteiger partial charge on any atom is -0.349 e. The smallest absolute Gasteiger partial charge is 0.240 e. The molecule has 1 atom stereocenters. The van der Waals surface area contributed by atoms with Crippen molar-refractivity contribution in [2.24, 2.45) is 5.73 Å². The zero-order chi connectivity index (χ0) is 12.8. The SMILES string of the molecule is NC1(C(=O)NC2CC(=O)N(C3CC3)C2)CCCC1. The molecule has 2 aliphatic carbocycles. The highest BCUT2D eigenvalue weighted by Gasteiger charge is 2.42. The molecule has 3 aliphatic rings. The summed E-state index contributed by atoms with van der Waals surface area (Å²) in [5, 5.41) is 2.98. The number of nitrogens with two attached hydrogens (primary N) is 1. The first-order valence-electron chi connectivity index (χ1n) is 6.98. The zero-order valence-corrected chi connectivity index (χ0v) is 10.7. The number of hydrogen-bond acceptors (Lipinski definition) is 3. The van der Waals surface area contributed by atoms with E-state index in [1.165, 1.54) is 0 Å². The molecule has 3 N–H and O–H groups in total. The summed E-state index contributed by atoms with van der Waals surface area (Å²) in [6.45, 7) is 0.672. The van der Waals surface area contributed by atoms with Crippen molar-refractivity contribution in [3.05, 3.63) is 0 Å². The summed E-state index contributed by atoms with van der Waals surface area (Å²) in [7, 11) is 0. The molecule has 1 aliphatic heterocycles. The van der Waals surface area contributed by atoms with Gasteiger partial charge in [0.2, 0.25) is 11.8 Å². The summed E-state index contributed by atoms with van der Waals surface area (Å²) >= 11 is 0. The topological polar surface area (TPSA) is 75.4 Å². The van der Waals surface area contributed by atoms with Crippen molar-refractivity contribution >= 4 is 11.8 Å². The molecular weight excluding hydrogens is 230 g/mol. The molecule has 5 heteroatoms. The molecule has 0 aromatic carbocycles. The first kappa shape index (κ1) is 12.0. The molecule has 3 rings (SSSR count). The summed E-state index contributed by atoms with van der Waals surface area (Å²) in [4.78, 5) is 25.9. The Hall–Kier alpha value is -1.10. The molecule has 1 unspecified atom stereocenters. The third kappa shape index (κ3) is 2.11. The lowest BCUT2D eigenvalue weighted by Gasteiger charge is -2.24. The van der Waals surface area contributed by atoms with Crippen LogP contribution in [0, 0.1) is 0 Å². The van der Waals surface area contributed by atoms with Crippen LogP contribution in [0.15, 0.2) is 0 Å². The van der Waals surface area contributed by atoms with E-state index in [0.29, 0.717) is 19.0 Å². The second-order valence-corrected chi connectivity index (χ2v) is 6.02. The Morgan fingerprint density at radius 2 is 2.00 bits per heavy atom. The van der Waals surface area contributed by atoms with Crippen LogP contribution >= 0.6 is 0 Å². The lowest BCUT2D eigenvalue weighted by atomic mass is 9.97. The molecule has 0 spiro atoms. The van der Waals surface area contributed by atoms with Crippen LogP contribution in [-0.2, 0) is 9.59 Å². The van der Waals surface area contributed by atoms with Gasteiger partial charge in [-0.05, 0) is 25.7 Å². The van der Waals surface area contributed by atoms with Crippen LogP contribution in [-0.4, -0.2) is 40.9 Å². The first-order valence-corrected chi connectivity index (χ1v) is 6.98. The third-order valence-electron chi connectivity index (χ3n) is 4.43. The van der Waals surface area contributed by atoms with Gasteiger partial charge in [0.05, 0.1) is 11.6 Å². The summed E-state index contributed by atoms with van der Waals surface area (Å²) < 4.78 is 0. The van der Waals surface area contributed by atoms with E-state index in [9.17, 15) is 9.59 Å². The first-order chi connectivity index (χ1) is 8.58. The number of nitrogens with one attached hydrogen (secondary N) is 1. The Morgan fingerprint density at radius 1 is 1.33 bits per heavy atom. The van der Waals surface area contributed by atoms with E-state index in [4.69, 9.17) is 5.73 Å². The van der Waals surface area contributed by atoms with Crippen molar-refractivity contribution in [2.45, 2.75) is 62.6 Å². The Bertz CT molecular complexity index is 372. The maximum atomic E-state index is 12.2. The third-order valence-corrected chi connectivity index (χ3v) is 4.43. The van der Waals surface area contributed by atoms with Gasteiger partial charge >= 0.3 is 0 Å². The van der Waals surface area contributed by atoms with Crippen molar-refractivity contribution in [3.63, 3.8) is 0 Å². The fourth-order valence-electron chi connectivity index (χ4n) is 3.13. The van der Waals surface area contributed by atoms with Crippen molar-refractivity contribution < 1.29 is 9.59 Å². The van der Waals surface area contributed by atoms with E-state index in [1.54, 1.807) is 0 Å². The van der Waals surface area contributed by atoms with Gasteiger partial charge in [-0.25, -0.2) is 0 Å². The number of rotatable bonds is 3. The van der Waals surface area contributed by atoms with E-state index in [2.05, 4.69) is 5.32 Å². The van der Waals surface area contributed by atoms with Crippen LogP contribution < -0.4 is 11.1 Å². The molecule has 0 aromatic rings. The number of likely N-dealkylation sites (tertiary alicyclic amines) is 1. The molecule has 5 nitrogen and oxygen atoms in total. The average molecular weight is 251 g/mol. The molecule has 2 saturated carbocycles. The van der Waals surface area contributed by atoms with Gasteiger partial charge in [-0.3, -0.25) is 9.59 Å². The fourth-order valence-corrected chi connectivity index (χ4v) is 3.13. The fraction of sp³-hybridized carbons (Fsp3) is 0.846. The van der Waals surface area contributed by atoms with Crippen LogP contribution in [0.3, 0.4) is 0 Å². The number of amides is 2. The molecule has 2 amide bonds. The largest absolute Gasteiger partial charge is 0.349 e. The summed E-state index contributed by atoms with van der Waals surface area (Å²) in [6.07, 6.45) is 6.28. The van der Waals surface area contributed by atoms with Gasteiger partial charge in [0.25, 0.3) is 0 Å². The minimum absolute atomic E-state index is 0.0355. The quantitative estimate of drug-likeness (QED) is 0.749. The maximum absolute atomic E-state index is 12.2. The van der Waals surface area contributed by atoms with E-state index in [-0.39, 0.29) is 17.9 Å². The predicted molar refractivity (Wildman–Crippen MR) is 66.7 cm³/mol. The van der Waals surface area contributed by atoms with E-state index in [1.807, 2.05) is 4.90 Å². The highest BCUT2D eigenvalue weighted by Crippen LogP contribution is 2.31. The maximum Gasteiger partial charge on any atom is 0.240 e. The standard InChI is InChI=1S/C13H21N3O2/c14-13(5-1-2-6-13)12(18)15-9-7-11(17)16(8-9)10-3-4-10/h9-10H,1-8,14H2,(H,15,18). The molecule has 0 bridgehead atoms. The van der Waals surface area contributed by atoms with E-state index >= 15 is 0 Å². The highest BCUT2D eigenvalue weighted by atomic mass is 16.2. The van der Waals surface area contributed by atoms with Crippen LogP contribution in [0.1, 0.15) is 44.9 Å². The molecule has 3 fully saturated rings. The molecule has 1 heterocycles. The van der Waals surface area contributed by atoms with Gasteiger partial charge in [-0.1, -0.05) is 12.8 Å². The Balaban J connectivity index is 1.57. The summed E-state index contributed by atoms with van der Waals surface area (Å²) in [5.41, 5.74) is 5.43. The normalized spacial score (nSPS) is 30.8. The van der Waals surface area contributed by atoms with Gasteiger partial charge in [-0.2, -0.15) is 0 Å². The van der Waals surface area contributed by atoms with Crippen molar-refractivity contribution in [2.75, 3.05) is 6.54 Å². The van der Waals surface area contributed by atoms with Crippen molar-refractivity contribution in [1.29, 1.82) is 0 Å². The minimum atomic E-state index is -0.684. The van der Waals surface area contributed by atoms with Gasteiger partial charge in [-0.15, -0.1) is 0 Å².